The van der Waals surface area contributed by atoms with E-state index >= 15 is 0 Å². The Morgan fingerprint density at radius 1 is 0.969 bits per heavy atom. The fourth-order valence-corrected chi connectivity index (χ4v) is 4.85. The van der Waals surface area contributed by atoms with Gasteiger partial charge in [-0.25, -0.2) is 4.79 Å². The van der Waals surface area contributed by atoms with E-state index in [4.69, 9.17) is 4.74 Å². The summed E-state index contributed by atoms with van der Waals surface area (Å²) in [5.74, 6) is -0.880. The number of carbonyl (C=O) groups excluding carboxylic acids is 2. The van der Waals surface area contributed by atoms with E-state index in [0.717, 1.165) is 28.9 Å². The summed E-state index contributed by atoms with van der Waals surface area (Å²) in [6, 6.07) is 16.0. The van der Waals surface area contributed by atoms with E-state index in [9.17, 15) is 9.59 Å². The molecule has 0 saturated carbocycles. The lowest BCUT2D eigenvalue weighted by Crippen LogP contribution is -2.29. The minimum atomic E-state index is -0.447. The normalized spacial score (nSPS) is 17.2. The number of rotatable bonds is 8. The van der Waals surface area contributed by atoms with Crippen LogP contribution in [0, 0.1) is 0 Å². The van der Waals surface area contributed by atoms with Gasteiger partial charge in [0.1, 0.15) is 0 Å². The van der Waals surface area contributed by atoms with Crippen LogP contribution in [0.15, 0.2) is 65.4 Å². The van der Waals surface area contributed by atoms with Crippen molar-refractivity contribution < 1.29 is 14.3 Å². The van der Waals surface area contributed by atoms with Crippen molar-refractivity contribution in [2.24, 2.45) is 0 Å². The maximum Gasteiger partial charge on any atom is 0.336 e. The number of carbonyl (C=O) groups is 2. The van der Waals surface area contributed by atoms with E-state index in [1.807, 2.05) is 31.2 Å². The van der Waals surface area contributed by atoms with E-state index < -0.39 is 11.9 Å². The van der Waals surface area contributed by atoms with Gasteiger partial charge in [0.15, 0.2) is 5.78 Å². The van der Waals surface area contributed by atoms with Crippen molar-refractivity contribution in [3.8, 4) is 0 Å². The van der Waals surface area contributed by atoms with Gasteiger partial charge in [-0.05, 0) is 30.9 Å². The predicted molar refractivity (Wildman–Crippen MR) is 127 cm³/mol. The number of methoxy groups -OCH3 is 1. The average molecular weight is 430 g/mol. The fourth-order valence-electron chi connectivity index (χ4n) is 4.85. The molecule has 32 heavy (non-hydrogen) atoms. The van der Waals surface area contributed by atoms with Crippen LogP contribution in [0.2, 0.25) is 0 Å². The second kappa shape index (κ2) is 9.56. The fraction of sp³-hybridized carbons (Fsp3) is 0.357. The summed E-state index contributed by atoms with van der Waals surface area (Å²) < 4.78 is 5.11. The van der Waals surface area contributed by atoms with Gasteiger partial charge in [-0.1, -0.05) is 81.1 Å². The van der Waals surface area contributed by atoms with E-state index in [1.165, 1.54) is 44.8 Å². The first-order chi connectivity index (χ1) is 15.6. The highest BCUT2D eigenvalue weighted by atomic mass is 16.5. The van der Waals surface area contributed by atoms with Crippen LogP contribution < -0.4 is 5.32 Å². The second-order valence-electron chi connectivity index (χ2n) is 8.66. The third-order valence-electron chi connectivity index (χ3n) is 6.54. The number of unbranched alkanes of at least 4 members (excludes halogenated alkanes) is 4. The Morgan fingerprint density at radius 2 is 1.66 bits per heavy atom. The maximum atomic E-state index is 13.4. The first-order valence-electron chi connectivity index (χ1n) is 11.6. The van der Waals surface area contributed by atoms with Crippen LogP contribution in [-0.4, -0.2) is 18.9 Å². The summed E-state index contributed by atoms with van der Waals surface area (Å²) in [5, 5.41) is 3.32. The van der Waals surface area contributed by atoms with Gasteiger partial charge in [-0.15, -0.1) is 0 Å². The van der Waals surface area contributed by atoms with Crippen molar-refractivity contribution in [2.75, 3.05) is 7.11 Å². The van der Waals surface area contributed by atoms with Crippen LogP contribution in [0.25, 0.3) is 5.70 Å². The lowest BCUT2D eigenvalue weighted by molar-refractivity contribution is -0.136. The predicted octanol–water partition coefficient (Wildman–Crippen LogP) is 5.94. The van der Waals surface area contributed by atoms with E-state index in [1.54, 1.807) is 0 Å². The lowest BCUT2D eigenvalue weighted by atomic mass is 9.79. The smallest absolute Gasteiger partial charge is 0.336 e. The third kappa shape index (κ3) is 4.02. The quantitative estimate of drug-likeness (QED) is 0.417. The molecular weight excluding hydrogens is 398 g/mol. The molecule has 0 fully saturated rings. The second-order valence-corrected chi connectivity index (χ2v) is 8.66. The van der Waals surface area contributed by atoms with Gasteiger partial charge in [0.05, 0.1) is 18.4 Å². The molecule has 2 aromatic rings. The summed E-state index contributed by atoms with van der Waals surface area (Å²) in [6.07, 6.45) is 7.32. The highest BCUT2D eigenvalue weighted by molar-refractivity contribution is 6.23. The number of allylic oxidation sites excluding steroid dienone is 2. The minimum absolute atomic E-state index is 0.0259. The van der Waals surface area contributed by atoms with Crippen LogP contribution in [0.4, 0.5) is 0 Å². The Kier molecular flexibility index (Phi) is 6.59. The molecule has 1 N–H and O–H groups in total. The summed E-state index contributed by atoms with van der Waals surface area (Å²) >= 11 is 0. The van der Waals surface area contributed by atoms with Crippen LogP contribution in [0.1, 0.15) is 78.9 Å². The highest BCUT2D eigenvalue weighted by Crippen LogP contribution is 2.46. The molecule has 0 aromatic heterocycles. The van der Waals surface area contributed by atoms with Crippen molar-refractivity contribution in [1.29, 1.82) is 0 Å². The molecular formula is C28H31NO3. The maximum absolute atomic E-state index is 13.4. The Bertz CT molecular complexity index is 1090. The molecule has 0 amide bonds. The van der Waals surface area contributed by atoms with Crippen LogP contribution in [0.3, 0.4) is 0 Å². The summed E-state index contributed by atoms with van der Waals surface area (Å²) in [6.45, 7) is 4.10. The molecule has 2 aromatic carbocycles. The van der Waals surface area contributed by atoms with Crippen molar-refractivity contribution >= 4 is 17.4 Å². The van der Waals surface area contributed by atoms with Gasteiger partial charge >= 0.3 is 5.97 Å². The zero-order valence-corrected chi connectivity index (χ0v) is 19.2. The summed E-state index contributed by atoms with van der Waals surface area (Å²) in [4.78, 5) is 26.2. The molecule has 0 spiro atoms. The van der Waals surface area contributed by atoms with Crippen molar-refractivity contribution in [2.45, 2.75) is 58.3 Å². The molecule has 1 aliphatic heterocycles. The molecule has 4 heteroatoms. The van der Waals surface area contributed by atoms with Gasteiger partial charge < -0.3 is 10.1 Å². The molecule has 1 atom stereocenters. The molecule has 0 bridgehead atoms. The van der Waals surface area contributed by atoms with Crippen LogP contribution in [-0.2, 0) is 16.0 Å². The number of dihydropyridines is 1. The number of hydrogen-bond donors (Lipinski definition) is 1. The standard InChI is InChI=1S/C28H31NO3/c1-4-5-6-7-8-11-19-14-16-20(17-15-19)24-23(28(31)32-3)18(2)29-26-21-12-9-10-13-22(21)27(30)25(24)26/h9-10,12-17,24,29H,4-8,11H2,1-3H3. The molecule has 1 aliphatic carbocycles. The van der Waals surface area contributed by atoms with E-state index in [-0.39, 0.29) is 5.78 Å². The Labute approximate surface area is 190 Å². The Balaban J connectivity index is 1.67. The zero-order valence-electron chi connectivity index (χ0n) is 19.2. The van der Waals surface area contributed by atoms with Gasteiger partial charge in [0, 0.05) is 28.3 Å². The number of esters is 1. The number of Topliss-reactive ketones (excluding diaryl/α,β-unsaturated/α-hetero) is 1. The van der Waals surface area contributed by atoms with Gasteiger partial charge in [-0.3, -0.25) is 4.79 Å². The van der Waals surface area contributed by atoms with E-state index in [2.05, 4.69) is 36.5 Å². The number of hydrogen-bond acceptors (Lipinski definition) is 4. The van der Waals surface area contributed by atoms with Crippen molar-refractivity contribution in [1.82, 2.24) is 5.32 Å². The van der Waals surface area contributed by atoms with Crippen LogP contribution >= 0.6 is 0 Å². The average Bonchev–Trinajstić information content (AvgIpc) is 3.10. The Morgan fingerprint density at radius 3 is 2.34 bits per heavy atom. The number of fused-ring (bicyclic) bond motifs is 2. The van der Waals surface area contributed by atoms with E-state index in [0.29, 0.717) is 16.7 Å². The SMILES string of the molecule is CCCCCCCc1ccc(C2C(C(=O)OC)=C(C)NC3=C2C(=O)c2ccccc23)cc1. The van der Waals surface area contributed by atoms with Crippen molar-refractivity contribution in [3.05, 3.63) is 87.6 Å². The summed E-state index contributed by atoms with van der Waals surface area (Å²) in [7, 11) is 1.39. The molecule has 166 valence electrons. The number of nitrogens with one attached hydrogen (secondary N) is 1. The van der Waals surface area contributed by atoms with Gasteiger partial charge in [0.25, 0.3) is 0 Å². The van der Waals surface area contributed by atoms with Gasteiger partial charge in [0.2, 0.25) is 0 Å². The van der Waals surface area contributed by atoms with Crippen LogP contribution in [0.5, 0.6) is 0 Å². The lowest BCUT2D eigenvalue weighted by Gasteiger charge is -2.29. The Hall–Kier alpha value is -3.14. The molecule has 4 nitrogen and oxygen atoms in total. The molecule has 2 aliphatic rings. The highest BCUT2D eigenvalue weighted by Gasteiger charge is 2.42. The topological polar surface area (TPSA) is 55.4 Å². The molecule has 1 unspecified atom stereocenters. The first kappa shape index (κ1) is 22.1. The van der Waals surface area contributed by atoms with Crippen molar-refractivity contribution in [3.63, 3.8) is 0 Å². The summed E-state index contributed by atoms with van der Waals surface area (Å²) in [5.41, 5.74) is 6.46. The molecule has 0 radical (unpaired) electrons. The number of aryl methyl sites for hydroxylation is 1. The monoisotopic (exact) mass is 429 g/mol. The number of ketones is 1. The minimum Gasteiger partial charge on any atom is -0.466 e. The largest absolute Gasteiger partial charge is 0.466 e. The number of benzene rings is 2. The molecule has 4 rings (SSSR count). The number of ether oxygens (including phenoxy) is 1. The van der Waals surface area contributed by atoms with Gasteiger partial charge in [-0.2, -0.15) is 0 Å². The first-order valence-corrected chi connectivity index (χ1v) is 11.6. The zero-order chi connectivity index (χ0) is 22.7. The molecule has 1 heterocycles. The third-order valence-corrected chi connectivity index (χ3v) is 6.54. The molecule has 0 saturated heterocycles.